The average Bonchev–Trinajstić information content (AvgIpc) is 3.49. The van der Waals surface area contributed by atoms with Gasteiger partial charge >= 0.3 is 0 Å². The summed E-state index contributed by atoms with van der Waals surface area (Å²) in [5.74, 6) is -0.107. The molecule has 35 heavy (non-hydrogen) atoms. The van der Waals surface area contributed by atoms with Gasteiger partial charge < -0.3 is 10.6 Å². The quantitative estimate of drug-likeness (QED) is 0.378. The Bertz CT molecular complexity index is 1260. The summed E-state index contributed by atoms with van der Waals surface area (Å²) < 4.78 is 13.8. The van der Waals surface area contributed by atoms with E-state index in [1.54, 1.807) is 35.7 Å². The first-order valence-corrected chi connectivity index (χ1v) is 13.1. The Morgan fingerprint density at radius 3 is 2.69 bits per heavy atom. The van der Waals surface area contributed by atoms with Gasteiger partial charge in [-0.3, -0.25) is 14.9 Å². The number of rotatable bonds is 7. The smallest absolute Gasteiger partial charge is 0.290 e. The zero-order chi connectivity index (χ0) is 24.2. The second-order valence-corrected chi connectivity index (χ2v) is 10.5. The first-order valence-electron chi connectivity index (χ1n) is 11.4. The molecule has 2 fully saturated rings. The number of carbonyl (C=O) groups excluding carboxylic acids is 2. The third-order valence-corrected chi connectivity index (χ3v) is 7.81. The van der Waals surface area contributed by atoms with Crippen LogP contribution in [0.1, 0.15) is 36.9 Å². The number of carbonyl (C=O) groups is 2. The number of halogens is 1. The van der Waals surface area contributed by atoms with E-state index in [1.807, 2.05) is 23.6 Å². The maximum Gasteiger partial charge on any atom is 0.290 e. The van der Waals surface area contributed by atoms with Gasteiger partial charge in [0, 0.05) is 29.7 Å². The molecule has 1 aliphatic carbocycles. The van der Waals surface area contributed by atoms with Crippen molar-refractivity contribution in [2.24, 2.45) is 0 Å². The van der Waals surface area contributed by atoms with Crippen molar-refractivity contribution in [2.75, 3.05) is 5.32 Å². The molecule has 0 unspecified atom stereocenters. The third kappa shape index (κ3) is 5.95. The largest absolute Gasteiger partial charge is 0.351 e. The lowest BCUT2D eigenvalue weighted by molar-refractivity contribution is -0.115. The van der Waals surface area contributed by atoms with Gasteiger partial charge in [0.1, 0.15) is 5.82 Å². The van der Waals surface area contributed by atoms with Gasteiger partial charge in [-0.25, -0.2) is 14.4 Å². The van der Waals surface area contributed by atoms with E-state index in [9.17, 15) is 14.0 Å². The molecule has 180 valence electrons. The predicted octanol–water partition coefficient (Wildman–Crippen LogP) is 5.18. The van der Waals surface area contributed by atoms with E-state index in [-0.39, 0.29) is 17.1 Å². The number of nitrogens with one attached hydrogen (secondary N) is 3. The van der Waals surface area contributed by atoms with E-state index >= 15 is 0 Å². The monoisotopic (exact) mass is 509 g/mol. The molecule has 5 rings (SSSR count). The molecule has 2 aromatic heterocycles. The molecule has 3 heterocycles. The van der Waals surface area contributed by atoms with Crippen molar-refractivity contribution in [2.45, 2.75) is 44.3 Å². The Morgan fingerprint density at radius 1 is 1.11 bits per heavy atom. The molecular weight excluding hydrogens is 485 g/mol. The minimum Gasteiger partial charge on any atom is -0.351 e. The van der Waals surface area contributed by atoms with E-state index in [0.29, 0.717) is 29.1 Å². The van der Waals surface area contributed by atoms with Crippen molar-refractivity contribution >= 4 is 46.3 Å². The highest BCUT2D eigenvalue weighted by Gasteiger charge is 2.25. The Balaban J connectivity index is 1.14. The molecule has 0 atom stereocenters. The molecular formula is C25H24FN5O2S2. The third-order valence-electron chi connectivity index (χ3n) is 6.10. The first-order chi connectivity index (χ1) is 17.0. The maximum absolute atomic E-state index is 13.8. The molecule has 2 aliphatic rings. The number of aromatic nitrogens is 2. The fraction of sp³-hybridized carbons (Fsp3) is 0.280. The van der Waals surface area contributed by atoms with Gasteiger partial charge in [0.2, 0.25) is 5.95 Å². The van der Waals surface area contributed by atoms with E-state index in [4.69, 9.17) is 0 Å². The fourth-order valence-corrected chi connectivity index (χ4v) is 5.77. The summed E-state index contributed by atoms with van der Waals surface area (Å²) in [4.78, 5) is 33.3. The summed E-state index contributed by atoms with van der Waals surface area (Å²) in [7, 11) is 0. The summed E-state index contributed by atoms with van der Waals surface area (Å²) in [6.07, 6.45) is 7.20. The van der Waals surface area contributed by atoms with Crippen LogP contribution in [0.15, 0.2) is 52.9 Å². The summed E-state index contributed by atoms with van der Waals surface area (Å²) in [6, 6.07) is 11.4. The second-order valence-electron chi connectivity index (χ2n) is 8.51. The molecule has 1 saturated carbocycles. The van der Waals surface area contributed by atoms with Crippen LogP contribution in [0.4, 0.5) is 15.1 Å². The van der Waals surface area contributed by atoms with Gasteiger partial charge in [-0.2, -0.15) is 0 Å². The standard InChI is InChI=1S/C25H24FN5O2S2/c26-16-4-3-15(20(12-16)21-2-1-11-34-21)14-28-17-5-7-18(8-6-17)29-24-27-10-9-19(30-24)13-22-23(32)31-25(33)35-22/h1-4,9-13,17-18,28H,5-8,14H2,(H,27,29,30)(H,31,32,33)/t17-,18-. The number of hydrogen-bond donors (Lipinski definition) is 3. The van der Waals surface area contributed by atoms with Crippen LogP contribution in [0, 0.1) is 5.82 Å². The molecule has 10 heteroatoms. The molecule has 2 amide bonds. The number of hydrogen-bond acceptors (Lipinski definition) is 8. The molecule has 3 aromatic rings. The highest BCUT2D eigenvalue weighted by molar-refractivity contribution is 8.18. The van der Waals surface area contributed by atoms with Crippen LogP contribution in [-0.4, -0.2) is 33.2 Å². The lowest BCUT2D eigenvalue weighted by Gasteiger charge is -2.30. The van der Waals surface area contributed by atoms with E-state index < -0.39 is 5.91 Å². The summed E-state index contributed by atoms with van der Waals surface area (Å²) in [5, 5.41) is 10.9. The predicted molar refractivity (Wildman–Crippen MR) is 137 cm³/mol. The fourth-order valence-electron chi connectivity index (χ4n) is 4.32. The second kappa shape index (κ2) is 10.7. The van der Waals surface area contributed by atoms with Crippen molar-refractivity contribution in [1.29, 1.82) is 0 Å². The van der Waals surface area contributed by atoms with Gasteiger partial charge in [-0.15, -0.1) is 11.3 Å². The molecule has 0 bridgehead atoms. The van der Waals surface area contributed by atoms with E-state index in [2.05, 4.69) is 25.9 Å². The molecule has 7 nitrogen and oxygen atoms in total. The first kappa shape index (κ1) is 23.7. The number of nitrogens with zero attached hydrogens (tertiary/aromatic N) is 2. The topological polar surface area (TPSA) is 96.0 Å². The Labute approximate surface area is 210 Å². The molecule has 1 aliphatic heterocycles. The number of anilines is 1. The normalized spacial score (nSPS) is 21.3. The Kier molecular flexibility index (Phi) is 7.21. The van der Waals surface area contributed by atoms with E-state index in [0.717, 1.165) is 53.4 Å². The number of imide groups is 1. The highest BCUT2D eigenvalue weighted by Crippen LogP contribution is 2.30. The Morgan fingerprint density at radius 2 is 1.94 bits per heavy atom. The van der Waals surface area contributed by atoms with Crippen LogP contribution < -0.4 is 16.0 Å². The number of thiophene rings is 1. The summed E-state index contributed by atoms with van der Waals surface area (Å²) >= 11 is 2.49. The average molecular weight is 510 g/mol. The van der Waals surface area contributed by atoms with Crippen LogP contribution in [0.3, 0.4) is 0 Å². The number of amides is 2. The number of thioether (sulfide) groups is 1. The van der Waals surface area contributed by atoms with Gasteiger partial charge in [0.15, 0.2) is 0 Å². The van der Waals surface area contributed by atoms with Crippen LogP contribution in [0.25, 0.3) is 16.5 Å². The van der Waals surface area contributed by atoms with Crippen LogP contribution in [0.2, 0.25) is 0 Å². The van der Waals surface area contributed by atoms with Crippen molar-refractivity contribution in [3.8, 4) is 10.4 Å². The lowest BCUT2D eigenvalue weighted by atomic mass is 9.91. The molecule has 0 spiro atoms. The minimum atomic E-state index is -0.401. The van der Waals surface area contributed by atoms with Gasteiger partial charge in [0.25, 0.3) is 11.1 Å². The maximum atomic E-state index is 13.8. The number of benzene rings is 1. The molecule has 0 radical (unpaired) electrons. The van der Waals surface area contributed by atoms with Crippen molar-refractivity contribution in [3.05, 3.63) is 70.0 Å². The molecule has 1 aromatic carbocycles. The summed E-state index contributed by atoms with van der Waals surface area (Å²) in [5.41, 5.74) is 2.63. The van der Waals surface area contributed by atoms with Crippen LogP contribution in [0.5, 0.6) is 0 Å². The Hall–Kier alpha value is -3.08. The van der Waals surface area contributed by atoms with Crippen molar-refractivity contribution < 1.29 is 14.0 Å². The van der Waals surface area contributed by atoms with Crippen molar-refractivity contribution in [1.82, 2.24) is 20.6 Å². The van der Waals surface area contributed by atoms with Gasteiger partial charge in [0.05, 0.1) is 10.6 Å². The van der Waals surface area contributed by atoms with Crippen molar-refractivity contribution in [3.63, 3.8) is 0 Å². The summed E-state index contributed by atoms with van der Waals surface area (Å²) in [6.45, 7) is 0.699. The van der Waals surface area contributed by atoms with E-state index in [1.165, 1.54) is 6.07 Å². The lowest BCUT2D eigenvalue weighted by Crippen LogP contribution is -2.37. The zero-order valence-electron chi connectivity index (χ0n) is 18.8. The SMILES string of the molecule is O=C1NC(=O)C(=Cc2ccnc(N[C@H]3CC[C@H](NCc4ccc(F)cc4-c4cccs4)CC3)n2)S1. The van der Waals surface area contributed by atoms with Gasteiger partial charge in [-0.05, 0) is 84.3 Å². The molecule has 3 N–H and O–H groups in total. The van der Waals surface area contributed by atoms with Crippen LogP contribution in [-0.2, 0) is 11.3 Å². The van der Waals surface area contributed by atoms with Crippen LogP contribution >= 0.6 is 23.1 Å². The van der Waals surface area contributed by atoms with Gasteiger partial charge in [-0.1, -0.05) is 12.1 Å². The zero-order valence-corrected chi connectivity index (χ0v) is 20.4. The minimum absolute atomic E-state index is 0.218. The molecule has 1 saturated heterocycles. The highest BCUT2D eigenvalue weighted by atomic mass is 32.2.